The maximum Gasteiger partial charge on any atom is 0.205 e. The second-order valence-electron chi connectivity index (χ2n) is 5.90. The lowest BCUT2D eigenvalue weighted by molar-refractivity contribution is 0.326. The van der Waals surface area contributed by atoms with Crippen LogP contribution in [0.3, 0.4) is 0 Å². The lowest BCUT2D eigenvalue weighted by Crippen LogP contribution is -2.16. The number of aromatic nitrogens is 1. The van der Waals surface area contributed by atoms with Gasteiger partial charge in [0.2, 0.25) is 5.75 Å². The molecule has 0 aliphatic heterocycles. The van der Waals surface area contributed by atoms with Gasteiger partial charge in [0.25, 0.3) is 0 Å². The predicted molar refractivity (Wildman–Crippen MR) is 91.6 cm³/mol. The Labute approximate surface area is 132 Å². The molecule has 1 heterocycles. The van der Waals surface area contributed by atoms with E-state index in [1.54, 1.807) is 33.7 Å². The third-order valence-corrected chi connectivity index (χ3v) is 4.02. The minimum atomic E-state index is -1.52. The fourth-order valence-corrected chi connectivity index (χ4v) is 2.71. The number of methoxy groups -OCH3 is 3. The van der Waals surface area contributed by atoms with Crippen molar-refractivity contribution in [1.29, 1.82) is 0 Å². The monoisotopic (exact) mass is 315 g/mol. The minimum absolute atomic E-state index is 0.559. The van der Waals surface area contributed by atoms with Crippen LogP contribution in [-0.2, 0) is 0 Å². The van der Waals surface area contributed by atoms with Gasteiger partial charge in [-0.2, -0.15) is 0 Å². The third-order valence-electron chi connectivity index (χ3n) is 3.15. The van der Waals surface area contributed by atoms with Crippen molar-refractivity contribution in [3.63, 3.8) is 0 Å². The van der Waals surface area contributed by atoms with Crippen molar-refractivity contribution in [1.82, 2.24) is 4.98 Å². The van der Waals surface area contributed by atoms with Gasteiger partial charge >= 0.3 is 0 Å². The van der Waals surface area contributed by atoms with Gasteiger partial charge in [-0.3, -0.25) is 4.98 Å². The van der Waals surface area contributed by atoms with E-state index in [2.05, 4.69) is 36.1 Å². The number of hydrogen-bond donors (Lipinski definition) is 0. The molecule has 0 radical (unpaired) electrons. The van der Waals surface area contributed by atoms with Gasteiger partial charge in [0.05, 0.1) is 26.9 Å². The van der Waals surface area contributed by atoms with Crippen molar-refractivity contribution in [3.05, 3.63) is 24.0 Å². The third kappa shape index (κ3) is 3.02. The number of benzene rings is 1. The van der Waals surface area contributed by atoms with Crippen LogP contribution in [0.5, 0.6) is 17.2 Å². The minimum Gasteiger partial charge on any atom is -0.492 e. The van der Waals surface area contributed by atoms with Crippen LogP contribution in [0.2, 0.25) is 19.6 Å². The van der Waals surface area contributed by atoms with Crippen LogP contribution >= 0.6 is 0 Å². The molecule has 0 amide bonds. The smallest absolute Gasteiger partial charge is 0.205 e. The molecule has 0 bridgehead atoms. The molecule has 0 spiro atoms. The molecule has 1 aromatic carbocycles. The summed E-state index contributed by atoms with van der Waals surface area (Å²) in [6, 6.07) is 1.90. The van der Waals surface area contributed by atoms with Crippen LogP contribution in [0.4, 0.5) is 0 Å². The predicted octanol–water partition coefficient (Wildman–Crippen LogP) is 3.49. The lowest BCUT2D eigenvalue weighted by atomic mass is 10.0. The Kier molecular flexibility index (Phi) is 4.62. The molecule has 0 aliphatic carbocycles. The van der Waals surface area contributed by atoms with E-state index in [0.29, 0.717) is 17.2 Å². The Bertz CT molecular complexity index is 754. The second kappa shape index (κ2) is 6.28. The van der Waals surface area contributed by atoms with E-state index in [0.717, 1.165) is 16.3 Å². The molecule has 0 N–H and O–H groups in total. The number of ether oxygens (including phenoxy) is 3. The quantitative estimate of drug-likeness (QED) is 0.642. The molecule has 1 aromatic heterocycles. The Balaban J connectivity index is 2.91. The standard InChI is InChI=1S/C17H21NO3Si/c1-19-15-12-7-9-18-11-14(12)13(8-10-22(4,5)6)16(20-2)17(15)21-3/h7,9,11H,1-6H3. The first kappa shape index (κ1) is 16.2. The summed E-state index contributed by atoms with van der Waals surface area (Å²) < 4.78 is 16.6. The Morgan fingerprint density at radius 1 is 0.909 bits per heavy atom. The molecule has 0 aliphatic rings. The van der Waals surface area contributed by atoms with Crippen LogP contribution < -0.4 is 14.2 Å². The summed E-state index contributed by atoms with van der Waals surface area (Å²) in [6.07, 6.45) is 3.51. The summed E-state index contributed by atoms with van der Waals surface area (Å²) in [5.74, 6) is 5.07. The first-order valence-electron chi connectivity index (χ1n) is 7.01. The van der Waals surface area contributed by atoms with Crippen LogP contribution in [0.25, 0.3) is 10.8 Å². The number of hydrogen-bond acceptors (Lipinski definition) is 4. The molecular formula is C17H21NO3Si. The Morgan fingerprint density at radius 3 is 2.09 bits per heavy atom. The molecule has 0 saturated heterocycles. The average molecular weight is 315 g/mol. The number of fused-ring (bicyclic) bond motifs is 1. The Hall–Kier alpha value is -2.19. The van der Waals surface area contributed by atoms with E-state index in [9.17, 15) is 0 Å². The first-order valence-corrected chi connectivity index (χ1v) is 10.5. The SMILES string of the molecule is COc1c(OC)c(OC)c2ccncc2c1C#C[Si](C)(C)C. The second-order valence-corrected chi connectivity index (χ2v) is 10.6. The van der Waals surface area contributed by atoms with Gasteiger partial charge in [-0.25, -0.2) is 0 Å². The van der Waals surface area contributed by atoms with Crippen molar-refractivity contribution in [2.75, 3.05) is 21.3 Å². The summed E-state index contributed by atoms with van der Waals surface area (Å²) in [7, 11) is 3.30. The summed E-state index contributed by atoms with van der Waals surface area (Å²) in [6.45, 7) is 6.61. The molecule has 0 unspecified atom stereocenters. The van der Waals surface area contributed by atoms with Crippen molar-refractivity contribution < 1.29 is 14.2 Å². The van der Waals surface area contributed by atoms with Gasteiger partial charge in [-0.15, -0.1) is 5.54 Å². The van der Waals surface area contributed by atoms with Crippen LogP contribution in [0.1, 0.15) is 5.56 Å². The van der Waals surface area contributed by atoms with Gasteiger partial charge in [0, 0.05) is 23.2 Å². The zero-order valence-electron chi connectivity index (χ0n) is 13.9. The molecule has 4 nitrogen and oxygen atoms in total. The van der Waals surface area contributed by atoms with Crippen LogP contribution in [0, 0.1) is 11.5 Å². The maximum absolute atomic E-state index is 5.56. The largest absolute Gasteiger partial charge is 0.492 e. The summed E-state index contributed by atoms with van der Waals surface area (Å²) >= 11 is 0. The molecule has 5 heteroatoms. The van der Waals surface area contributed by atoms with E-state index in [4.69, 9.17) is 14.2 Å². The van der Waals surface area contributed by atoms with Crippen LogP contribution in [0.15, 0.2) is 18.5 Å². The zero-order valence-corrected chi connectivity index (χ0v) is 14.9. The van der Waals surface area contributed by atoms with Crippen LogP contribution in [-0.4, -0.2) is 34.4 Å². The Morgan fingerprint density at radius 2 is 1.55 bits per heavy atom. The molecular weight excluding hydrogens is 294 g/mol. The number of pyridine rings is 1. The highest BCUT2D eigenvalue weighted by molar-refractivity contribution is 6.83. The van der Waals surface area contributed by atoms with Gasteiger partial charge in [-0.1, -0.05) is 25.6 Å². The van der Waals surface area contributed by atoms with Gasteiger partial charge in [-0.05, 0) is 6.07 Å². The summed E-state index contributed by atoms with van der Waals surface area (Å²) in [5.41, 5.74) is 4.18. The molecule has 22 heavy (non-hydrogen) atoms. The molecule has 0 atom stereocenters. The van der Waals surface area contributed by atoms with E-state index in [1.807, 2.05) is 6.07 Å². The lowest BCUT2D eigenvalue weighted by Gasteiger charge is -2.17. The van der Waals surface area contributed by atoms with E-state index >= 15 is 0 Å². The molecule has 0 saturated carbocycles. The molecule has 116 valence electrons. The highest BCUT2D eigenvalue weighted by atomic mass is 28.3. The summed E-state index contributed by atoms with van der Waals surface area (Å²) in [5, 5.41) is 1.82. The molecule has 2 rings (SSSR count). The topological polar surface area (TPSA) is 40.6 Å². The summed E-state index contributed by atoms with van der Waals surface area (Å²) in [4.78, 5) is 4.22. The number of nitrogens with zero attached hydrogens (tertiary/aromatic N) is 1. The average Bonchev–Trinajstić information content (AvgIpc) is 2.50. The fraction of sp³-hybridized carbons (Fsp3) is 0.353. The normalized spacial score (nSPS) is 10.8. The first-order chi connectivity index (χ1) is 10.4. The fourth-order valence-electron chi connectivity index (χ4n) is 2.21. The van der Waals surface area contributed by atoms with Gasteiger partial charge in [0.15, 0.2) is 11.5 Å². The van der Waals surface area contributed by atoms with E-state index in [-0.39, 0.29) is 0 Å². The van der Waals surface area contributed by atoms with Crippen molar-refractivity contribution in [2.24, 2.45) is 0 Å². The van der Waals surface area contributed by atoms with Crippen molar-refractivity contribution in [3.8, 4) is 28.7 Å². The number of rotatable bonds is 3. The van der Waals surface area contributed by atoms with E-state index < -0.39 is 8.07 Å². The van der Waals surface area contributed by atoms with Crippen molar-refractivity contribution in [2.45, 2.75) is 19.6 Å². The zero-order chi connectivity index (χ0) is 16.3. The van der Waals surface area contributed by atoms with Gasteiger partial charge in [0.1, 0.15) is 8.07 Å². The van der Waals surface area contributed by atoms with E-state index in [1.165, 1.54) is 0 Å². The maximum atomic E-state index is 5.56. The highest BCUT2D eigenvalue weighted by Crippen LogP contribution is 2.46. The molecule has 2 aromatic rings. The van der Waals surface area contributed by atoms with Gasteiger partial charge < -0.3 is 14.2 Å². The highest BCUT2D eigenvalue weighted by Gasteiger charge is 2.21. The van der Waals surface area contributed by atoms with Crippen molar-refractivity contribution >= 4 is 18.8 Å². The molecule has 0 fully saturated rings.